The topological polar surface area (TPSA) is 52.0 Å². The molecule has 0 amide bonds. The van der Waals surface area contributed by atoms with Gasteiger partial charge in [0.05, 0.1) is 0 Å². The fraction of sp³-hybridized carbons (Fsp3) is 0.273. The lowest BCUT2D eigenvalue weighted by Crippen LogP contribution is -2.12. The largest absolute Gasteiger partial charge is 0.398 e. The summed E-state index contributed by atoms with van der Waals surface area (Å²) in [6, 6.07) is 5.90. The SMILES string of the molecule is C=CC[C@@H](N)c1cccc(C)c1N. The molecule has 1 atom stereocenters. The molecular formula is C11H16N2. The highest BCUT2D eigenvalue weighted by Gasteiger charge is 2.08. The van der Waals surface area contributed by atoms with Crippen molar-refractivity contribution in [2.75, 3.05) is 5.73 Å². The lowest BCUT2D eigenvalue weighted by molar-refractivity contribution is 0.743. The number of aryl methyl sites for hydroxylation is 1. The molecule has 0 radical (unpaired) electrons. The van der Waals surface area contributed by atoms with Crippen molar-refractivity contribution in [3.63, 3.8) is 0 Å². The Labute approximate surface area is 79.2 Å². The molecule has 0 saturated carbocycles. The minimum atomic E-state index is -0.0302. The summed E-state index contributed by atoms with van der Waals surface area (Å²) in [7, 11) is 0. The highest BCUT2D eigenvalue weighted by molar-refractivity contribution is 5.54. The third-order valence-corrected chi connectivity index (χ3v) is 2.18. The van der Waals surface area contributed by atoms with Gasteiger partial charge in [-0.15, -0.1) is 6.58 Å². The van der Waals surface area contributed by atoms with E-state index in [1.165, 1.54) is 0 Å². The summed E-state index contributed by atoms with van der Waals surface area (Å²) >= 11 is 0. The maximum Gasteiger partial charge on any atom is 0.0392 e. The second kappa shape index (κ2) is 4.10. The molecule has 2 heteroatoms. The molecule has 0 spiro atoms. The van der Waals surface area contributed by atoms with Crippen LogP contribution in [0.5, 0.6) is 0 Å². The molecule has 0 heterocycles. The Morgan fingerprint density at radius 2 is 2.23 bits per heavy atom. The lowest BCUT2D eigenvalue weighted by Gasteiger charge is -2.13. The van der Waals surface area contributed by atoms with E-state index in [0.29, 0.717) is 0 Å². The van der Waals surface area contributed by atoms with Gasteiger partial charge in [-0.25, -0.2) is 0 Å². The summed E-state index contributed by atoms with van der Waals surface area (Å²) in [6.07, 6.45) is 2.57. The summed E-state index contributed by atoms with van der Waals surface area (Å²) in [4.78, 5) is 0. The molecule has 0 aliphatic heterocycles. The predicted molar refractivity (Wildman–Crippen MR) is 57.3 cm³/mol. The van der Waals surface area contributed by atoms with Crippen molar-refractivity contribution in [1.29, 1.82) is 0 Å². The minimum absolute atomic E-state index is 0.0302. The van der Waals surface area contributed by atoms with Gasteiger partial charge in [0.25, 0.3) is 0 Å². The summed E-state index contributed by atoms with van der Waals surface area (Å²) < 4.78 is 0. The van der Waals surface area contributed by atoms with Gasteiger partial charge >= 0.3 is 0 Å². The van der Waals surface area contributed by atoms with Gasteiger partial charge in [0, 0.05) is 11.7 Å². The summed E-state index contributed by atoms with van der Waals surface area (Å²) in [5.74, 6) is 0. The quantitative estimate of drug-likeness (QED) is 0.547. The van der Waals surface area contributed by atoms with Crippen LogP contribution in [0.3, 0.4) is 0 Å². The molecule has 1 aromatic carbocycles. The Balaban J connectivity index is 3.00. The molecule has 4 N–H and O–H groups in total. The zero-order valence-electron chi connectivity index (χ0n) is 7.96. The average molecular weight is 176 g/mol. The summed E-state index contributed by atoms with van der Waals surface area (Å²) in [5, 5.41) is 0. The third kappa shape index (κ3) is 2.10. The molecule has 2 nitrogen and oxygen atoms in total. The van der Waals surface area contributed by atoms with Gasteiger partial charge in [-0.2, -0.15) is 0 Å². The molecule has 1 aromatic rings. The normalized spacial score (nSPS) is 12.5. The summed E-state index contributed by atoms with van der Waals surface area (Å²) in [5.41, 5.74) is 14.7. The van der Waals surface area contributed by atoms with Crippen LogP contribution in [0.4, 0.5) is 5.69 Å². The number of benzene rings is 1. The second-order valence-corrected chi connectivity index (χ2v) is 3.21. The molecule has 0 aliphatic carbocycles. The minimum Gasteiger partial charge on any atom is -0.398 e. The van der Waals surface area contributed by atoms with Crippen molar-refractivity contribution in [3.8, 4) is 0 Å². The van der Waals surface area contributed by atoms with Crippen LogP contribution in [0, 0.1) is 6.92 Å². The predicted octanol–water partition coefficient (Wildman–Crippen LogP) is 2.15. The standard InChI is InChI=1S/C11H16N2/c1-3-5-10(12)9-7-4-6-8(2)11(9)13/h3-4,6-7,10H,1,5,12-13H2,2H3/t10-/m1/s1. The van der Waals surface area contributed by atoms with Crippen molar-refractivity contribution < 1.29 is 0 Å². The van der Waals surface area contributed by atoms with Gasteiger partial charge < -0.3 is 11.5 Å². The van der Waals surface area contributed by atoms with E-state index in [1.807, 2.05) is 31.2 Å². The number of hydrogen-bond donors (Lipinski definition) is 2. The molecule has 0 saturated heterocycles. The van der Waals surface area contributed by atoms with Gasteiger partial charge in [0.2, 0.25) is 0 Å². The Hall–Kier alpha value is -1.28. The smallest absolute Gasteiger partial charge is 0.0392 e. The van der Waals surface area contributed by atoms with Crippen molar-refractivity contribution in [2.45, 2.75) is 19.4 Å². The van der Waals surface area contributed by atoms with Gasteiger partial charge in [-0.05, 0) is 24.5 Å². The van der Waals surface area contributed by atoms with Crippen molar-refractivity contribution in [3.05, 3.63) is 42.0 Å². The highest BCUT2D eigenvalue weighted by atomic mass is 14.7. The third-order valence-electron chi connectivity index (χ3n) is 2.18. The maximum absolute atomic E-state index is 5.92. The summed E-state index contributed by atoms with van der Waals surface area (Å²) in [6.45, 7) is 5.64. The van der Waals surface area contributed by atoms with Crippen LogP contribution in [-0.4, -0.2) is 0 Å². The highest BCUT2D eigenvalue weighted by Crippen LogP contribution is 2.23. The van der Waals surface area contributed by atoms with Crippen molar-refractivity contribution >= 4 is 5.69 Å². The van der Waals surface area contributed by atoms with Gasteiger partial charge in [0.15, 0.2) is 0 Å². The van der Waals surface area contributed by atoms with Crippen molar-refractivity contribution in [2.24, 2.45) is 5.73 Å². The van der Waals surface area contributed by atoms with E-state index in [4.69, 9.17) is 11.5 Å². The van der Waals surface area contributed by atoms with E-state index in [0.717, 1.165) is 23.2 Å². The van der Waals surface area contributed by atoms with E-state index in [2.05, 4.69) is 6.58 Å². The first-order valence-electron chi connectivity index (χ1n) is 4.38. The molecule has 0 fully saturated rings. The van der Waals surface area contributed by atoms with Gasteiger partial charge in [0.1, 0.15) is 0 Å². The van der Waals surface area contributed by atoms with E-state index in [1.54, 1.807) is 0 Å². The second-order valence-electron chi connectivity index (χ2n) is 3.21. The number of nitrogens with two attached hydrogens (primary N) is 2. The molecule has 0 unspecified atom stereocenters. The molecule has 1 rings (SSSR count). The molecular weight excluding hydrogens is 160 g/mol. The fourth-order valence-corrected chi connectivity index (χ4v) is 1.33. The number of para-hydroxylation sites is 1. The van der Waals surface area contributed by atoms with E-state index >= 15 is 0 Å². The molecule has 0 bridgehead atoms. The first kappa shape index (κ1) is 9.81. The van der Waals surface area contributed by atoms with Gasteiger partial charge in [-0.1, -0.05) is 24.3 Å². The van der Waals surface area contributed by atoms with Crippen LogP contribution in [0.15, 0.2) is 30.9 Å². The van der Waals surface area contributed by atoms with Crippen LogP contribution < -0.4 is 11.5 Å². The Bertz CT molecular complexity index is 305. The van der Waals surface area contributed by atoms with Crippen LogP contribution in [0.25, 0.3) is 0 Å². The Kier molecular flexibility index (Phi) is 3.09. The maximum atomic E-state index is 5.92. The van der Waals surface area contributed by atoms with E-state index in [9.17, 15) is 0 Å². The molecule has 13 heavy (non-hydrogen) atoms. The molecule has 0 aliphatic rings. The zero-order chi connectivity index (χ0) is 9.84. The van der Waals surface area contributed by atoms with Crippen molar-refractivity contribution in [1.82, 2.24) is 0 Å². The fourth-order valence-electron chi connectivity index (χ4n) is 1.33. The number of anilines is 1. The van der Waals surface area contributed by atoms with Crippen LogP contribution in [0.1, 0.15) is 23.6 Å². The monoisotopic (exact) mass is 176 g/mol. The van der Waals surface area contributed by atoms with E-state index in [-0.39, 0.29) is 6.04 Å². The van der Waals surface area contributed by atoms with Crippen LogP contribution in [-0.2, 0) is 0 Å². The first-order valence-corrected chi connectivity index (χ1v) is 4.38. The Morgan fingerprint density at radius 1 is 1.54 bits per heavy atom. The zero-order valence-corrected chi connectivity index (χ0v) is 7.96. The Morgan fingerprint density at radius 3 is 2.85 bits per heavy atom. The average Bonchev–Trinajstić information content (AvgIpc) is 2.10. The number of hydrogen-bond acceptors (Lipinski definition) is 2. The number of nitrogen functional groups attached to an aromatic ring is 1. The van der Waals surface area contributed by atoms with Gasteiger partial charge in [-0.3, -0.25) is 0 Å². The number of rotatable bonds is 3. The van der Waals surface area contributed by atoms with Crippen LogP contribution in [0.2, 0.25) is 0 Å². The van der Waals surface area contributed by atoms with Crippen LogP contribution >= 0.6 is 0 Å². The first-order chi connectivity index (χ1) is 6.16. The lowest BCUT2D eigenvalue weighted by atomic mass is 10.00. The van der Waals surface area contributed by atoms with E-state index < -0.39 is 0 Å². The molecule has 70 valence electrons. The molecule has 0 aromatic heterocycles.